The first-order valence-electron chi connectivity index (χ1n) is 3.71. The molecular weight excluding hydrogens is 168 g/mol. The van der Waals surface area contributed by atoms with Crippen LogP contribution in [0.2, 0.25) is 0 Å². The lowest BCUT2D eigenvalue weighted by Crippen LogP contribution is -1.97. The van der Waals surface area contributed by atoms with Crippen LogP contribution in [-0.2, 0) is 0 Å². The van der Waals surface area contributed by atoms with Crippen molar-refractivity contribution in [1.82, 2.24) is 0 Å². The van der Waals surface area contributed by atoms with Crippen molar-refractivity contribution in [1.29, 1.82) is 0 Å². The molecule has 0 aliphatic carbocycles. The Morgan fingerprint density at radius 2 is 2.31 bits per heavy atom. The van der Waals surface area contributed by atoms with Gasteiger partial charge in [0.1, 0.15) is 0 Å². The molecule has 0 atom stereocenters. The van der Waals surface area contributed by atoms with Gasteiger partial charge in [-0.3, -0.25) is 4.99 Å². The van der Waals surface area contributed by atoms with Crippen LogP contribution in [0.1, 0.15) is 10.4 Å². The molecule has 0 aromatic heterocycles. The number of nitrogens with one attached hydrogen (secondary N) is 1. The van der Waals surface area contributed by atoms with Gasteiger partial charge in [-0.05, 0) is 24.9 Å². The van der Waals surface area contributed by atoms with Gasteiger partial charge >= 0.3 is 5.97 Å². The van der Waals surface area contributed by atoms with E-state index in [1.165, 1.54) is 12.1 Å². The predicted molar refractivity (Wildman–Crippen MR) is 52.2 cm³/mol. The Bertz CT molecular complexity index is 347. The van der Waals surface area contributed by atoms with Crippen LogP contribution in [-0.4, -0.2) is 24.8 Å². The van der Waals surface area contributed by atoms with Crippen molar-refractivity contribution in [3.8, 4) is 0 Å². The number of aliphatic imine (C=N–C) groups is 1. The zero-order chi connectivity index (χ0) is 9.84. The minimum atomic E-state index is -0.965. The van der Waals surface area contributed by atoms with Crippen LogP contribution in [0.15, 0.2) is 23.2 Å². The van der Waals surface area contributed by atoms with Gasteiger partial charge in [0.2, 0.25) is 0 Å². The monoisotopic (exact) mass is 178 g/mol. The van der Waals surface area contributed by atoms with Gasteiger partial charge in [-0.15, -0.1) is 0 Å². The Labute approximate surface area is 75.9 Å². The maximum Gasteiger partial charge on any atom is 0.335 e. The van der Waals surface area contributed by atoms with E-state index in [-0.39, 0.29) is 5.56 Å². The highest BCUT2D eigenvalue weighted by Crippen LogP contribution is 2.25. The van der Waals surface area contributed by atoms with E-state index in [0.717, 1.165) is 5.69 Å². The van der Waals surface area contributed by atoms with E-state index in [1.54, 1.807) is 13.1 Å². The first kappa shape index (κ1) is 9.25. The molecule has 4 nitrogen and oxygen atoms in total. The van der Waals surface area contributed by atoms with Gasteiger partial charge < -0.3 is 10.4 Å². The number of carboxylic acid groups (broad SMARTS) is 1. The van der Waals surface area contributed by atoms with Crippen LogP contribution in [0, 0.1) is 0 Å². The lowest BCUT2D eigenvalue weighted by Gasteiger charge is -2.04. The van der Waals surface area contributed by atoms with E-state index in [2.05, 4.69) is 17.0 Å². The topological polar surface area (TPSA) is 61.7 Å². The second-order valence-electron chi connectivity index (χ2n) is 2.45. The Hall–Kier alpha value is -1.84. The normalized spacial score (nSPS) is 9.31. The average molecular weight is 178 g/mol. The summed E-state index contributed by atoms with van der Waals surface area (Å²) in [5, 5.41) is 11.6. The minimum absolute atomic E-state index is 0.210. The summed E-state index contributed by atoms with van der Waals surface area (Å²) in [6, 6.07) is 4.65. The fraction of sp³-hybridized carbons (Fsp3) is 0.111. The maximum absolute atomic E-state index is 10.6. The number of rotatable bonds is 3. The average Bonchev–Trinajstić information content (AvgIpc) is 2.16. The molecule has 2 N–H and O–H groups in total. The van der Waals surface area contributed by atoms with Gasteiger partial charge in [-0.25, -0.2) is 4.79 Å². The third kappa shape index (κ3) is 1.84. The van der Waals surface area contributed by atoms with E-state index in [1.807, 2.05) is 0 Å². The molecule has 0 saturated heterocycles. The Morgan fingerprint density at radius 1 is 1.62 bits per heavy atom. The van der Waals surface area contributed by atoms with E-state index in [0.29, 0.717) is 5.69 Å². The van der Waals surface area contributed by atoms with Crippen LogP contribution >= 0.6 is 0 Å². The second-order valence-corrected chi connectivity index (χ2v) is 2.45. The molecule has 4 heteroatoms. The Morgan fingerprint density at radius 3 is 2.77 bits per heavy atom. The molecular formula is C9H10N2O2. The molecule has 0 fully saturated rings. The standard InChI is InChI=1S/C9H10N2O2/c1-10-7-4-3-6(9(12)13)5-8(7)11-2/h3-5,10H,2H2,1H3,(H,12,13). The molecule has 0 aliphatic heterocycles. The summed E-state index contributed by atoms with van der Waals surface area (Å²) in [5.74, 6) is -0.965. The highest BCUT2D eigenvalue weighted by Gasteiger charge is 2.05. The molecule has 0 heterocycles. The van der Waals surface area contributed by atoms with Gasteiger partial charge in [-0.2, -0.15) is 0 Å². The maximum atomic E-state index is 10.6. The van der Waals surface area contributed by atoms with Crippen molar-refractivity contribution in [2.45, 2.75) is 0 Å². The number of hydrogen-bond acceptors (Lipinski definition) is 3. The highest BCUT2D eigenvalue weighted by atomic mass is 16.4. The minimum Gasteiger partial charge on any atom is -0.478 e. The molecule has 0 unspecified atom stereocenters. The summed E-state index contributed by atoms with van der Waals surface area (Å²) >= 11 is 0. The summed E-state index contributed by atoms with van der Waals surface area (Å²) in [5.41, 5.74) is 1.52. The first-order chi connectivity index (χ1) is 6.19. The number of benzene rings is 1. The van der Waals surface area contributed by atoms with Gasteiger partial charge in [-0.1, -0.05) is 0 Å². The smallest absolute Gasteiger partial charge is 0.335 e. The molecule has 0 saturated carbocycles. The molecule has 0 aliphatic rings. The zero-order valence-electron chi connectivity index (χ0n) is 7.24. The molecule has 68 valence electrons. The van der Waals surface area contributed by atoms with Crippen molar-refractivity contribution >= 4 is 24.1 Å². The van der Waals surface area contributed by atoms with Crippen molar-refractivity contribution in [2.75, 3.05) is 12.4 Å². The van der Waals surface area contributed by atoms with Gasteiger partial charge in [0, 0.05) is 7.05 Å². The van der Waals surface area contributed by atoms with Gasteiger partial charge in [0.15, 0.2) is 0 Å². The number of aromatic carboxylic acids is 1. The van der Waals surface area contributed by atoms with Crippen molar-refractivity contribution in [3.63, 3.8) is 0 Å². The van der Waals surface area contributed by atoms with Crippen LogP contribution in [0.5, 0.6) is 0 Å². The van der Waals surface area contributed by atoms with Crippen molar-refractivity contribution < 1.29 is 9.90 Å². The van der Waals surface area contributed by atoms with Crippen LogP contribution in [0.25, 0.3) is 0 Å². The zero-order valence-corrected chi connectivity index (χ0v) is 7.24. The second kappa shape index (κ2) is 3.71. The quantitative estimate of drug-likeness (QED) is 0.693. The van der Waals surface area contributed by atoms with E-state index in [9.17, 15) is 4.79 Å². The lowest BCUT2D eigenvalue weighted by atomic mass is 10.2. The fourth-order valence-electron chi connectivity index (χ4n) is 1.01. The van der Waals surface area contributed by atoms with E-state index < -0.39 is 5.97 Å². The number of anilines is 1. The molecule has 1 aromatic carbocycles. The molecule has 0 bridgehead atoms. The third-order valence-corrected chi connectivity index (χ3v) is 1.68. The lowest BCUT2D eigenvalue weighted by molar-refractivity contribution is 0.0697. The molecule has 13 heavy (non-hydrogen) atoms. The summed E-state index contributed by atoms with van der Waals surface area (Å²) in [4.78, 5) is 14.3. The number of hydrogen-bond donors (Lipinski definition) is 2. The van der Waals surface area contributed by atoms with Crippen LogP contribution in [0.4, 0.5) is 11.4 Å². The SMILES string of the molecule is C=Nc1cc(C(=O)O)ccc1NC. The Kier molecular flexibility index (Phi) is 2.64. The summed E-state index contributed by atoms with van der Waals surface area (Å²) < 4.78 is 0. The van der Waals surface area contributed by atoms with E-state index in [4.69, 9.17) is 5.11 Å². The number of carbonyl (C=O) groups is 1. The molecule has 0 amide bonds. The van der Waals surface area contributed by atoms with Crippen molar-refractivity contribution in [3.05, 3.63) is 23.8 Å². The molecule has 1 aromatic rings. The molecule has 0 spiro atoms. The highest BCUT2D eigenvalue weighted by molar-refractivity contribution is 5.90. The largest absolute Gasteiger partial charge is 0.478 e. The third-order valence-electron chi connectivity index (χ3n) is 1.68. The van der Waals surface area contributed by atoms with Gasteiger partial charge in [0.25, 0.3) is 0 Å². The summed E-state index contributed by atoms with van der Waals surface area (Å²) in [6.07, 6.45) is 0. The Balaban J connectivity index is 3.20. The first-order valence-corrected chi connectivity index (χ1v) is 3.71. The number of nitrogens with zero attached hydrogens (tertiary/aromatic N) is 1. The van der Waals surface area contributed by atoms with Crippen LogP contribution < -0.4 is 5.32 Å². The predicted octanol–water partition coefficient (Wildman–Crippen LogP) is 1.76. The molecule has 1 rings (SSSR count). The van der Waals surface area contributed by atoms with Gasteiger partial charge in [0.05, 0.1) is 16.9 Å². The molecule has 0 radical (unpaired) electrons. The fourth-order valence-corrected chi connectivity index (χ4v) is 1.01. The van der Waals surface area contributed by atoms with Crippen molar-refractivity contribution in [2.24, 2.45) is 4.99 Å². The van der Waals surface area contributed by atoms with Crippen LogP contribution in [0.3, 0.4) is 0 Å². The summed E-state index contributed by atoms with van der Waals surface area (Å²) in [6.45, 7) is 3.36. The number of carboxylic acids is 1. The summed E-state index contributed by atoms with van der Waals surface area (Å²) in [7, 11) is 1.74. The van der Waals surface area contributed by atoms with E-state index >= 15 is 0 Å².